The van der Waals surface area contributed by atoms with E-state index in [0.717, 1.165) is 31.2 Å². The summed E-state index contributed by atoms with van der Waals surface area (Å²) in [5.74, 6) is 0.674. The maximum absolute atomic E-state index is 14.0. The Hall–Kier alpha value is -1.16. The number of rotatable bonds is 3. The third-order valence-electron chi connectivity index (χ3n) is 4.38. The van der Waals surface area contributed by atoms with Gasteiger partial charge in [0.15, 0.2) is 5.82 Å². The van der Waals surface area contributed by atoms with Crippen molar-refractivity contribution < 1.29 is 8.78 Å². The molecule has 0 spiro atoms. The van der Waals surface area contributed by atoms with Crippen molar-refractivity contribution in [2.75, 3.05) is 5.88 Å². The zero-order valence-corrected chi connectivity index (χ0v) is 12.8. The Labute approximate surface area is 128 Å². The van der Waals surface area contributed by atoms with Gasteiger partial charge in [0, 0.05) is 24.4 Å². The molecule has 0 bridgehead atoms. The van der Waals surface area contributed by atoms with Crippen LogP contribution in [0.3, 0.4) is 0 Å². The molecular formula is C16H19ClF2N2. The topological polar surface area (TPSA) is 17.8 Å². The number of aromatic nitrogens is 2. The first-order valence-electron chi connectivity index (χ1n) is 7.52. The van der Waals surface area contributed by atoms with Crippen molar-refractivity contribution in [2.45, 2.75) is 45.1 Å². The zero-order valence-electron chi connectivity index (χ0n) is 12.1. The molecule has 0 N–H and O–H groups in total. The van der Waals surface area contributed by atoms with Crippen LogP contribution in [0.4, 0.5) is 8.78 Å². The first-order valence-corrected chi connectivity index (χ1v) is 8.05. The summed E-state index contributed by atoms with van der Waals surface area (Å²) in [6.45, 7) is 2.23. The van der Waals surface area contributed by atoms with Crippen LogP contribution in [-0.4, -0.2) is 15.4 Å². The number of hydrogen-bond acceptors (Lipinski definition) is 1. The fraction of sp³-hybridized carbons (Fsp3) is 0.562. The van der Waals surface area contributed by atoms with Crippen LogP contribution in [0.1, 0.15) is 44.5 Å². The highest BCUT2D eigenvalue weighted by atomic mass is 35.5. The van der Waals surface area contributed by atoms with E-state index in [1.165, 1.54) is 12.5 Å². The Morgan fingerprint density at radius 1 is 1.33 bits per heavy atom. The maximum Gasteiger partial charge on any atom is 0.153 e. The lowest BCUT2D eigenvalue weighted by atomic mass is 9.87. The van der Waals surface area contributed by atoms with Gasteiger partial charge in [-0.1, -0.05) is 19.8 Å². The molecule has 2 nitrogen and oxygen atoms in total. The summed E-state index contributed by atoms with van der Waals surface area (Å²) in [5.41, 5.74) is 0.821. The van der Waals surface area contributed by atoms with E-state index >= 15 is 0 Å². The lowest BCUT2D eigenvalue weighted by Crippen LogP contribution is -2.19. The maximum atomic E-state index is 14.0. The molecule has 0 aliphatic heterocycles. The Morgan fingerprint density at radius 3 is 2.86 bits per heavy atom. The minimum Gasteiger partial charge on any atom is -0.325 e. The average Bonchev–Trinajstić information content (AvgIpc) is 2.77. The van der Waals surface area contributed by atoms with Crippen LogP contribution in [0.25, 0.3) is 11.0 Å². The molecule has 1 aliphatic rings. The molecule has 1 aliphatic carbocycles. The van der Waals surface area contributed by atoms with E-state index in [4.69, 9.17) is 11.6 Å². The van der Waals surface area contributed by atoms with E-state index in [-0.39, 0.29) is 11.6 Å². The van der Waals surface area contributed by atoms with E-state index in [1.54, 1.807) is 0 Å². The molecule has 0 amide bonds. The number of fused-ring (bicyclic) bond motifs is 1. The Kier molecular flexibility index (Phi) is 4.16. The second-order valence-electron chi connectivity index (χ2n) is 6.02. The molecule has 1 aromatic heterocycles. The van der Waals surface area contributed by atoms with Gasteiger partial charge in [0.25, 0.3) is 0 Å². The molecule has 21 heavy (non-hydrogen) atoms. The third kappa shape index (κ3) is 2.78. The highest BCUT2D eigenvalue weighted by Crippen LogP contribution is 2.36. The number of imidazole rings is 1. The van der Waals surface area contributed by atoms with Gasteiger partial charge in [-0.05, 0) is 24.8 Å². The summed E-state index contributed by atoms with van der Waals surface area (Å²) in [6, 6.07) is 2.55. The molecule has 114 valence electrons. The van der Waals surface area contributed by atoms with Crippen LogP contribution in [-0.2, 0) is 6.42 Å². The van der Waals surface area contributed by atoms with Crippen LogP contribution in [0, 0.1) is 17.6 Å². The van der Waals surface area contributed by atoms with Crippen molar-refractivity contribution >= 4 is 22.6 Å². The highest BCUT2D eigenvalue weighted by molar-refractivity contribution is 6.17. The Balaban J connectivity index is 2.15. The first kappa shape index (κ1) is 14.8. The second-order valence-corrected chi connectivity index (χ2v) is 6.40. The van der Waals surface area contributed by atoms with Gasteiger partial charge in [0.05, 0.1) is 5.52 Å². The molecule has 5 heteroatoms. The number of hydrogen-bond donors (Lipinski definition) is 0. The summed E-state index contributed by atoms with van der Waals surface area (Å²) in [7, 11) is 0. The minimum absolute atomic E-state index is 0.259. The van der Waals surface area contributed by atoms with Gasteiger partial charge in [-0.3, -0.25) is 0 Å². The second kappa shape index (κ2) is 5.91. The van der Waals surface area contributed by atoms with Crippen molar-refractivity contribution in [1.29, 1.82) is 0 Å². The lowest BCUT2D eigenvalue weighted by Gasteiger charge is -2.29. The van der Waals surface area contributed by atoms with Crippen LogP contribution in [0.2, 0.25) is 0 Å². The number of nitrogens with zero attached hydrogens (tertiary/aromatic N) is 2. The summed E-state index contributed by atoms with van der Waals surface area (Å²) in [4.78, 5) is 4.38. The predicted molar refractivity (Wildman–Crippen MR) is 80.7 cm³/mol. The molecular weight excluding hydrogens is 294 g/mol. The number of halogens is 3. The summed E-state index contributed by atoms with van der Waals surface area (Å²) in [6.07, 6.45) is 4.99. The molecule has 1 heterocycles. The molecule has 1 fully saturated rings. The SMILES string of the molecule is CC1CCCC(n2c(CCCl)nc3c(F)cc(F)cc32)C1. The van der Waals surface area contributed by atoms with Crippen LogP contribution < -0.4 is 0 Å². The number of aryl methyl sites for hydroxylation is 1. The van der Waals surface area contributed by atoms with E-state index in [9.17, 15) is 8.78 Å². The number of benzene rings is 1. The van der Waals surface area contributed by atoms with Gasteiger partial charge >= 0.3 is 0 Å². The summed E-state index contributed by atoms with van der Waals surface area (Å²) < 4.78 is 29.6. The first-order chi connectivity index (χ1) is 10.1. The van der Waals surface area contributed by atoms with E-state index in [2.05, 4.69) is 11.9 Å². The van der Waals surface area contributed by atoms with Gasteiger partial charge in [-0.15, -0.1) is 11.6 Å². The molecule has 0 saturated heterocycles. The van der Waals surface area contributed by atoms with Crippen LogP contribution >= 0.6 is 11.6 Å². The molecule has 0 radical (unpaired) electrons. The average molecular weight is 313 g/mol. The van der Waals surface area contributed by atoms with E-state index < -0.39 is 11.6 Å². The normalized spacial score (nSPS) is 22.9. The molecule has 1 saturated carbocycles. The van der Waals surface area contributed by atoms with Gasteiger partial charge in [0.1, 0.15) is 17.2 Å². The van der Waals surface area contributed by atoms with Crippen molar-refractivity contribution in [3.63, 3.8) is 0 Å². The zero-order chi connectivity index (χ0) is 15.0. The summed E-state index contributed by atoms with van der Waals surface area (Å²) >= 11 is 5.85. The van der Waals surface area contributed by atoms with Crippen molar-refractivity contribution in [3.05, 3.63) is 29.6 Å². The molecule has 2 atom stereocenters. The van der Waals surface area contributed by atoms with E-state index in [1.807, 2.05) is 4.57 Å². The van der Waals surface area contributed by atoms with Crippen LogP contribution in [0.15, 0.2) is 12.1 Å². The van der Waals surface area contributed by atoms with Gasteiger partial charge in [-0.2, -0.15) is 0 Å². The van der Waals surface area contributed by atoms with Crippen molar-refractivity contribution in [2.24, 2.45) is 5.92 Å². The molecule has 3 rings (SSSR count). The molecule has 2 unspecified atom stereocenters. The van der Waals surface area contributed by atoms with Crippen LogP contribution in [0.5, 0.6) is 0 Å². The van der Waals surface area contributed by atoms with Crippen molar-refractivity contribution in [1.82, 2.24) is 9.55 Å². The van der Waals surface area contributed by atoms with Gasteiger partial charge < -0.3 is 4.57 Å². The fourth-order valence-electron chi connectivity index (χ4n) is 3.47. The lowest BCUT2D eigenvalue weighted by molar-refractivity contribution is 0.282. The smallest absolute Gasteiger partial charge is 0.153 e. The minimum atomic E-state index is -0.594. The fourth-order valence-corrected chi connectivity index (χ4v) is 3.64. The molecule has 2 aromatic rings. The third-order valence-corrected chi connectivity index (χ3v) is 4.57. The predicted octanol–water partition coefficient (Wildman–Crippen LogP) is 4.85. The van der Waals surface area contributed by atoms with E-state index in [0.29, 0.717) is 23.7 Å². The van der Waals surface area contributed by atoms with Gasteiger partial charge in [-0.25, -0.2) is 13.8 Å². The molecule has 1 aromatic carbocycles. The monoisotopic (exact) mass is 312 g/mol. The van der Waals surface area contributed by atoms with Gasteiger partial charge in [0.2, 0.25) is 0 Å². The quantitative estimate of drug-likeness (QED) is 0.741. The Morgan fingerprint density at radius 2 is 2.14 bits per heavy atom. The highest BCUT2D eigenvalue weighted by Gasteiger charge is 2.25. The largest absolute Gasteiger partial charge is 0.325 e. The standard InChI is InChI=1S/C16H19ClF2N2/c1-10-3-2-4-12(7-10)21-14-9-11(18)8-13(19)16(14)20-15(21)5-6-17/h8-10,12H,2-7H2,1H3. The summed E-state index contributed by atoms with van der Waals surface area (Å²) in [5, 5.41) is 0. The number of alkyl halides is 1. The van der Waals surface area contributed by atoms with Crippen molar-refractivity contribution in [3.8, 4) is 0 Å². The Bertz CT molecular complexity index is 653.